The molecule has 4 rings (SSSR count). The largest absolute Gasteiger partial charge is 0.350 e. The first kappa shape index (κ1) is 20.2. The van der Waals surface area contributed by atoms with Crippen molar-refractivity contribution in [1.82, 2.24) is 30.2 Å². The van der Waals surface area contributed by atoms with Crippen molar-refractivity contribution in [3.05, 3.63) is 59.9 Å². The molecule has 0 fully saturated rings. The number of hydrogen-bond donors (Lipinski definition) is 2. The number of carbonyl (C=O) groups excluding carboxylic acids is 1. The van der Waals surface area contributed by atoms with Gasteiger partial charge in [0.25, 0.3) is 5.91 Å². The van der Waals surface area contributed by atoms with Crippen LogP contribution >= 0.6 is 11.3 Å². The fourth-order valence-electron chi connectivity index (χ4n) is 3.31. The molecule has 7 nitrogen and oxygen atoms in total. The van der Waals surface area contributed by atoms with E-state index < -0.39 is 0 Å². The number of pyridine rings is 1. The third-order valence-electron chi connectivity index (χ3n) is 4.63. The van der Waals surface area contributed by atoms with E-state index in [4.69, 9.17) is 4.98 Å². The van der Waals surface area contributed by atoms with Gasteiger partial charge in [0, 0.05) is 36.6 Å². The number of thiophene rings is 1. The third-order valence-corrected chi connectivity index (χ3v) is 5.52. The Morgan fingerprint density at radius 3 is 2.83 bits per heavy atom. The molecule has 0 aliphatic rings. The summed E-state index contributed by atoms with van der Waals surface area (Å²) in [6.45, 7) is 6.77. The maximum Gasteiger partial charge on any atom is 0.251 e. The Bertz CT molecular complexity index is 1150. The lowest BCUT2D eigenvalue weighted by Crippen LogP contribution is -2.41. The van der Waals surface area contributed by atoms with Gasteiger partial charge < -0.3 is 10.6 Å². The number of rotatable bonds is 7. The highest BCUT2D eigenvalue weighted by Gasteiger charge is 2.14. The summed E-state index contributed by atoms with van der Waals surface area (Å²) >= 11 is 1.64. The molecular weight excluding hydrogens is 396 g/mol. The van der Waals surface area contributed by atoms with Crippen LogP contribution in [0.2, 0.25) is 0 Å². The molecule has 0 aliphatic heterocycles. The van der Waals surface area contributed by atoms with Crippen LogP contribution in [-0.2, 0) is 0 Å². The molecule has 8 heteroatoms. The second kappa shape index (κ2) is 8.73. The lowest BCUT2D eigenvalue weighted by Gasteiger charge is -2.17. The lowest BCUT2D eigenvalue weighted by molar-refractivity contribution is 0.0949. The average Bonchev–Trinajstić information content (AvgIpc) is 3.41. The van der Waals surface area contributed by atoms with Crippen LogP contribution in [0.1, 0.15) is 31.1 Å². The van der Waals surface area contributed by atoms with Gasteiger partial charge in [-0.2, -0.15) is 5.10 Å². The SMILES string of the molecule is CC(C)N[C@@H](C)CNC(=O)c1ccnc(-c2cnn3ccc(-c4cccs4)nc23)c1. The fraction of sp³-hybridized carbons (Fsp3) is 0.273. The van der Waals surface area contributed by atoms with Gasteiger partial charge in [-0.05, 0) is 36.6 Å². The average molecular weight is 421 g/mol. The van der Waals surface area contributed by atoms with E-state index in [-0.39, 0.29) is 11.9 Å². The first-order valence-electron chi connectivity index (χ1n) is 9.90. The van der Waals surface area contributed by atoms with E-state index in [1.54, 1.807) is 40.4 Å². The highest BCUT2D eigenvalue weighted by molar-refractivity contribution is 7.13. The third kappa shape index (κ3) is 4.39. The molecule has 4 aromatic heterocycles. The minimum atomic E-state index is -0.125. The lowest BCUT2D eigenvalue weighted by atomic mass is 10.1. The smallest absolute Gasteiger partial charge is 0.251 e. The summed E-state index contributed by atoms with van der Waals surface area (Å²) in [5.41, 5.74) is 3.62. The van der Waals surface area contributed by atoms with Crippen LogP contribution in [0.25, 0.3) is 27.5 Å². The molecule has 0 aromatic carbocycles. The standard InChI is InChI=1S/C22H24N6OS/c1-14(2)26-15(3)12-24-22(29)16-6-8-23-19(11-16)17-13-25-28-9-7-18(27-21(17)28)20-5-4-10-30-20/h4-11,13-15,26H,12H2,1-3H3,(H,24,29)/t15-/m0/s1. The van der Waals surface area contributed by atoms with Gasteiger partial charge in [0.2, 0.25) is 0 Å². The number of fused-ring (bicyclic) bond motifs is 1. The van der Waals surface area contributed by atoms with E-state index in [0.29, 0.717) is 29.5 Å². The van der Waals surface area contributed by atoms with E-state index in [1.165, 1.54) is 0 Å². The van der Waals surface area contributed by atoms with Crippen molar-refractivity contribution in [2.75, 3.05) is 6.54 Å². The van der Waals surface area contributed by atoms with E-state index in [0.717, 1.165) is 16.1 Å². The predicted octanol–water partition coefficient (Wildman–Crippen LogP) is 3.64. The molecule has 1 amide bonds. The number of hydrogen-bond acceptors (Lipinski definition) is 6. The first-order valence-corrected chi connectivity index (χ1v) is 10.8. The number of nitrogens with one attached hydrogen (secondary N) is 2. The predicted molar refractivity (Wildman–Crippen MR) is 120 cm³/mol. The molecular formula is C22H24N6OS. The Kier molecular flexibility index (Phi) is 5.87. The highest BCUT2D eigenvalue weighted by atomic mass is 32.1. The normalized spacial score (nSPS) is 12.4. The summed E-state index contributed by atoms with van der Waals surface area (Å²) in [5.74, 6) is -0.125. The first-order chi connectivity index (χ1) is 14.5. The van der Waals surface area contributed by atoms with Gasteiger partial charge in [0.05, 0.1) is 28.0 Å². The zero-order chi connectivity index (χ0) is 21.1. The van der Waals surface area contributed by atoms with Crippen LogP contribution in [0.3, 0.4) is 0 Å². The topological polar surface area (TPSA) is 84.2 Å². The zero-order valence-electron chi connectivity index (χ0n) is 17.2. The molecule has 4 aromatic rings. The van der Waals surface area contributed by atoms with Crippen LogP contribution in [-0.4, -0.2) is 44.1 Å². The maximum absolute atomic E-state index is 12.6. The van der Waals surface area contributed by atoms with Gasteiger partial charge in [-0.3, -0.25) is 9.78 Å². The van der Waals surface area contributed by atoms with Crippen LogP contribution in [0, 0.1) is 0 Å². The van der Waals surface area contributed by atoms with Crippen molar-refractivity contribution in [2.24, 2.45) is 0 Å². The molecule has 154 valence electrons. The zero-order valence-corrected chi connectivity index (χ0v) is 18.0. The van der Waals surface area contributed by atoms with Gasteiger partial charge in [-0.15, -0.1) is 11.3 Å². The van der Waals surface area contributed by atoms with E-state index in [1.807, 2.05) is 36.7 Å². The Hall–Kier alpha value is -3.10. The number of aromatic nitrogens is 4. The molecule has 4 heterocycles. The Morgan fingerprint density at radius 1 is 1.20 bits per heavy atom. The van der Waals surface area contributed by atoms with Crippen molar-refractivity contribution in [1.29, 1.82) is 0 Å². The quantitative estimate of drug-likeness (QED) is 0.477. The van der Waals surface area contributed by atoms with E-state index in [2.05, 4.69) is 34.6 Å². The van der Waals surface area contributed by atoms with Crippen molar-refractivity contribution in [2.45, 2.75) is 32.9 Å². The van der Waals surface area contributed by atoms with Crippen molar-refractivity contribution >= 4 is 22.9 Å². The molecule has 0 spiro atoms. The molecule has 0 unspecified atom stereocenters. The van der Waals surface area contributed by atoms with E-state index >= 15 is 0 Å². The van der Waals surface area contributed by atoms with Crippen LogP contribution in [0.4, 0.5) is 0 Å². The Balaban J connectivity index is 1.58. The Labute approximate surface area is 179 Å². The van der Waals surface area contributed by atoms with Gasteiger partial charge in [0.15, 0.2) is 5.65 Å². The van der Waals surface area contributed by atoms with Crippen LogP contribution in [0.5, 0.6) is 0 Å². The summed E-state index contributed by atoms with van der Waals surface area (Å²) in [7, 11) is 0. The second-order valence-corrected chi connectivity index (χ2v) is 8.43. The minimum Gasteiger partial charge on any atom is -0.350 e. The van der Waals surface area contributed by atoms with Gasteiger partial charge in [0.1, 0.15) is 0 Å². The van der Waals surface area contributed by atoms with Gasteiger partial charge in [-0.1, -0.05) is 19.9 Å². The fourth-order valence-corrected chi connectivity index (χ4v) is 4.00. The monoisotopic (exact) mass is 420 g/mol. The molecule has 0 saturated carbocycles. The molecule has 1 atom stereocenters. The summed E-state index contributed by atoms with van der Waals surface area (Å²) in [4.78, 5) is 23.0. The number of nitrogens with zero attached hydrogens (tertiary/aromatic N) is 4. The van der Waals surface area contributed by atoms with Gasteiger partial charge in [-0.25, -0.2) is 9.50 Å². The van der Waals surface area contributed by atoms with E-state index in [9.17, 15) is 4.79 Å². The number of amides is 1. The number of carbonyl (C=O) groups is 1. The molecule has 0 radical (unpaired) electrons. The van der Waals surface area contributed by atoms with Gasteiger partial charge >= 0.3 is 0 Å². The maximum atomic E-state index is 12.6. The summed E-state index contributed by atoms with van der Waals surface area (Å²) in [5, 5.41) is 12.8. The highest BCUT2D eigenvalue weighted by Crippen LogP contribution is 2.27. The summed E-state index contributed by atoms with van der Waals surface area (Å²) in [6.07, 6.45) is 5.27. The van der Waals surface area contributed by atoms with Crippen LogP contribution < -0.4 is 10.6 Å². The summed E-state index contributed by atoms with van der Waals surface area (Å²) in [6, 6.07) is 10.0. The Morgan fingerprint density at radius 2 is 2.07 bits per heavy atom. The molecule has 2 N–H and O–H groups in total. The van der Waals surface area contributed by atoms with Crippen molar-refractivity contribution in [3.63, 3.8) is 0 Å². The molecule has 0 saturated heterocycles. The molecule has 0 aliphatic carbocycles. The minimum absolute atomic E-state index is 0.125. The molecule has 0 bridgehead atoms. The summed E-state index contributed by atoms with van der Waals surface area (Å²) < 4.78 is 1.72. The van der Waals surface area contributed by atoms with Crippen molar-refractivity contribution in [3.8, 4) is 21.8 Å². The van der Waals surface area contributed by atoms with Crippen LogP contribution in [0.15, 0.2) is 54.3 Å². The second-order valence-electron chi connectivity index (χ2n) is 7.48. The molecule has 30 heavy (non-hydrogen) atoms. The van der Waals surface area contributed by atoms with Crippen molar-refractivity contribution < 1.29 is 4.79 Å².